The van der Waals surface area contributed by atoms with Gasteiger partial charge in [0.1, 0.15) is 11.5 Å². The summed E-state index contributed by atoms with van der Waals surface area (Å²) in [6.07, 6.45) is 0.831. The highest BCUT2D eigenvalue weighted by Gasteiger charge is 2.19. The topological polar surface area (TPSA) is 47.6 Å². The van der Waals surface area contributed by atoms with Gasteiger partial charge in [-0.15, -0.1) is 11.8 Å². The number of hydrogen-bond donors (Lipinski definition) is 1. The molecule has 2 aromatic rings. The minimum Gasteiger partial charge on any atom is -0.497 e. The van der Waals surface area contributed by atoms with Crippen molar-refractivity contribution in [2.45, 2.75) is 36.5 Å². The number of rotatable bonds is 8. The lowest BCUT2D eigenvalue weighted by Gasteiger charge is -2.20. The van der Waals surface area contributed by atoms with Crippen LogP contribution in [0.5, 0.6) is 11.5 Å². The van der Waals surface area contributed by atoms with Crippen LogP contribution in [0.3, 0.4) is 0 Å². The molecule has 0 saturated heterocycles. The molecule has 0 unspecified atom stereocenters. The summed E-state index contributed by atoms with van der Waals surface area (Å²) >= 11 is 1.54. The van der Waals surface area contributed by atoms with Crippen LogP contribution in [0.25, 0.3) is 0 Å². The summed E-state index contributed by atoms with van der Waals surface area (Å²) in [6, 6.07) is 15.6. The van der Waals surface area contributed by atoms with E-state index in [1.54, 1.807) is 14.2 Å². The zero-order chi connectivity index (χ0) is 18.2. The second kappa shape index (κ2) is 9.37. The third-order valence-corrected chi connectivity index (χ3v) is 5.10. The standard InChI is InChI=1S/C20H25NO3S/c1-5-19(15-6-8-16(23-3)9-7-15)21-20(22)14(2)25-18-12-10-17(24-4)11-13-18/h6-14,19H,5H2,1-4H3,(H,21,22)/t14-,19+/m1/s1. The van der Waals surface area contributed by atoms with Crippen LogP contribution in [0.15, 0.2) is 53.4 Å². The first-order valence-electron chi connectivity index (χ1n) is 8.32. The quantitative estimate of drug-likeness (QED) is 0.707. The summed E-state index contributed by atoms with van der Waals surface area (Å²) in [5.41, 5.74) is 1.08. The van der Waals surface area contributed by atoms with Crippen molar-refractivity contribution in [1.82, 2.24) is 5.32 Å². The molecule has 0 fully saturated rings. The number of thioether (sulfide) groups is 1. The molecule has 0 bridgehead atoms. The number of nitrogens with one attached hydrogen (secondary N) is 1. The van der Waals surface area contributed by atoms with E-state index in [0.29, 0.717) is 0 Å². The number of amides is 1. The highest BCUT2D eigenvalue weighted by atomic mass is 32.2. The predicted molar refractivity (Wildman–Crippen MR) is 102 cm³/mol. The Bertz CT molecular complexity index is 670. The monoisotopic (exact) mass is 359 g/mol. The molecule has 0 aliphatic carbocycles. The zero-order valence-corrected chi connectivity index (χ0v) is 15.9. The fourth-order valence-electron chi connectivity index (χ4n) is 2.46. The van der Waals surface area contributed by atoms with Crippen molar-refractivity contribution < 1.29 is 14.3 Å². The van der Waals surface area contributed by atoms with Gasteiger partial charge in [-0.05, 0) is 55.3 Å². The summed E-state index contributed by atoms with van der Waals surface area (Å²) in [5.74, 6) is 1.66. The van der Waals surface area contributed by atoms with Gasteiger partial charge in [-0.3, -0.25) is 4.79 Å². The molecule has 0 aliphatic heterocycles. The molecule has 134 valence electrons. The molecule has 0 heterocycles. The Morgan fingerprint density at radius 2 is 1.52 bits per heavy atom. The van der Waals surface area contributed by atoms with Gasteiger partial charge in [-0.2, -0.15) is 0 Å². The van der Waals surface area contributed by atoms with Crippen molar-refractivity contribution >= 4 is 17.7 Å². The van der Waals surface area contributed by atoms with E-state index >= 15 is 0 Å². The zero-order valence-electron chi connectivity index (χ0n) is 15.1. The van der Waals surface area contributed by atoms with Gasteiger partial charge in [-0.1, -0.05) is 19.1 Å². The van der Waals surface area contributed by atoms with E-state index in [-0.39, 0.29) is 17.2 Å². The Morgan fingerprint density at radius 1 is 1.00 bits per heavy atom. The van der Waals surface area contributed by atoms with Crippen LogP contribution in [-0.4, -0.2) is 25.4 Å². The Labute approximate surface area is 153 Å². The largest absolute Gasteiger partial charge is 0.497 e. The van der Waals surface area contributed by atoms with E-state index in [1.165, 1.54) is 11.8 Å². The molecule has 2 atom stereocenters. The van der Waals surface area contributed by atoms with Gasteiger partial charge in [0.15, 0.2) is 0 Å². The lowest BCUT2D eigenvalue weighted by atomic mass is 10.0. The smallest absolute Gasteiger partial charge is 0.233 e. The number of ether oxygens (including phenoxy) is 2. The van der Waals surface area contributed by atoms with Crippen LogP contribution in [0, 0.1) is 0 Å². The van der Waals surface area contributed by atoms with Crippen LogP contribution < -0.4 is 14.8 Å². The summed E-state index contributed by atoms with van der Waals surface area (Å²) in [6.45, 7) is 3.99. The molecule has 0 saturated carbocycles. The van der Waals surface area contributed by atoms with E-state index in [2.05, 4.69) is 12.2 Å². The lowest BCUT2D eigenvalue weighted by molar-refractivity contribution is -0.121. The Kier molecular flexibility index (Phi) is 7.19. The van der Waals surface area contributed by atoms with E-state index in [4.69, 9.17) is 9.47 Å². The molecule has 1 N–H and O–H groups in total. The van der Waals surface area contributed by atoms with Gasteiger partial charge >= 0.3 is 0 Å². The van der Waals surface area contributed by atoms with Gasteiger partial charge < -0.3 is 14.8 Å². The van der Waals surface area contributed by atoms with E-state index < -0.39 is 0 Å². The Hall–Kier alpha value is -2.14. The van der Waals surface area contributed by atoms with Crippen LogP contribution >= 0.6 is 11.8 Å². The summed E-state index contributed by atoms with van der Waals surface area (Å²) in [4.78, 5) is 13.6. The van der Waals surface area contributed by atoms with Crippen molar-refractivity contribution in [3.8, 4) is 11.5 Å². The normalized spacial score (nSPS) is 13.0. The van der Waals surface area contributed by atoms with Crippen molar-refractivity contribution in [2.75, 3.05) is 14.2 Å². The van der Waals surface area contributed by atoms with Gasteiger partial charge in [-0.25, -0.2) is 0 Å². The second-order valence-corrected chi connectivity index (χ2v) is 7.09. The van der Waals surface area contributed by atoms with Gasteiger partial charge in [0.2, 0.25) is 5.91 Å². The molecule has 1 amide bonds. The van der Waals surface area contributed by atoms with Crippen LogP contribution in [0.2, 0.25) is 0 Å². The average molecular weight is 359 g/mol. The maximum absolute atomic E-state index is 12.6. The predicted octanol–water partition coefficient (Wildman–Crippen LogP) is 4.45. The summed E-state index contributed by atoms with van der Waals surface area (Å²) < 4.78 is 10.3. The number of hydrogen-bond acceptors (Lipinski definition) is 4. The molecule has 0 radical (unpaired) electrons. The molecule has 2 aromatic carbocycles. The fraction of sp³-hybridized carbons (Fsp3) is 0.350. The first kappa shape index (κ1) is 19.2. The third kappa shape index (κ3) is 5.43. The van der Waals surface area contributed by atoms with Gasteiger partial charge in [0.25, 0.3) is 0 Å². The first-order valence-corrected chi connectivity index (χ1v) is 9.20. The minimum atomic E-state index is -0.180. The lowest BCUT2D eigenvalue weighted by Crippen LogP contribution is -2.34. The van der Waals surface area contributed by atoms with E-state index in [1.807, 2.05) is 55.5 Å². The molecular weight excluding hydrogens is 334 g/mol. The highest BCUT2D eigenvalue weighted by molar-refractivity contribution is 8.00. The average Bonchev–Trinajstić information content (AvgIpc) is 2.66. The first-order chi connectivity index (χ1) is 12.1. The second-order valence-electron chi connectivity index (χ2n) is 5.68. The molecular formula is C20H25NO3S. The van der Waals surface area contributed by atoms with E-state index in [0.717, 1.165) is 28.4 Å². The molecule has 4 nitrogen and oxygen atoms in total. The van der Waals surface area contributed by atoms with Crippen molar-refractivity contribution in [3.63, 3.8) is 0 Å². The van der Waals surface area contributed by atoms with Crippen molar-refractivity contribution in [1.29, 1.82) is 0 Å². The van der Waals surface area contributed by atoms with Crippen molar-refractivity contribution in [3.05, 3.63) is 54.1 Å². The Morgan fingerprint density at radius 3 is 2.00 bits per heavy atom. The maximum Gasteiger partial charge on any atom is 0.233 e. The Balaban J connectivity index is 1.97. The molecule has 25 heavy (non-hydrogen) atoms. The minimum absolute atomic E-state index is 0.00248. The molecule has 0 spiro atoms. The van der Waals surface area contributed by atoms with E-state index in [9.17, 15) is 4.79 Å². The summed E-state index contributed by atoms with van der Waals surface area (Å²) in [7, 11) is 3.29. The molecule has 0 aliphatic rings. The van der Waals surface area contributed by atoms with Crippen molar-refractivity contribution in [2.24, 2.45) is 0 Å². The summed E-state index contributed by atoms with van der Waals surface area (Å²) in [5, 5.41) is 2.96. The maximum atomic E-state index is 12.6. The number of carbonyl (C=O) groups is 1. The molecule has 0 aromatic heterocycles. The molecule has 5 heteroatoms. The molecule has 2 rings (SSSR count). The van der Waals surface area contributed by atoms with Gasteiger partial charge in [0.05, 0.1) is 25.5 Å². The fourth-order valence-corrected chi connectivity index (χ4v) is 3.33. The number of benzene rings is 2. The number of methoxy groups -OCH3 is 2. The number of carbonyl (C=O) groups excluding carboxylic acids is 1. The van der Waals surface area contributed by atoms with Crippen LogP contribution in [0.4, 0.5) is 0 Å². The van der Waals surface area contributed by atoms with Gasteiger partial charge in [0, 0.05) is 4.90 Å². The SMILES string of the molecule is CC[C@H](NC(=O)[C@@H](C)Sc1ccc(OC)cc1)c1ccc(OC)cc1. The highest BCUT2D eigenvalue weighted by Crippen LogP contribution is 2.27. The third-order valence-electron chi connectivity index (χ3n) is 3.98. The van der Waals surface area contributed by atoms with Crippen LogP contribution in [-0.2, 0) is 4.79 Å². The van der Waals surface area contributed by atoms with Crippen LogP contribution in [0.1, 0.15) is 31.9 Å².